The summed E-state index contributed by atoms with van der Waals surface area (Å²) in [6, 6.07) is 15.5. The molecule has 0 fully saturated rings. The van der Waals surface area contributed by atoms with E-state index in [1.807, 2.05) is 47.4 Å². The van der Waals surface area contributed by atoms with Crippen LogP contribution in [0.2, 0.25) is 0 Å². The van der Waals surface area contributed by atoms with E-state index in [0.29, 0.717) is 17.9 Å². The molecule has 0 radical (unpaired) electrons. The molecule has 156 valence electrons. The zero-order valence-corrected chi connectivity index (χ0v) is 18.3. The van der Waals surface area contributed by atoms with Gasteiger partial charge >= 0.3 is 0 Å². The average molecular weight is 434 g/mol. The molecular formula is C22H28ClN3O2S. The third-order valence-electron chi connectivity index (χ3n) is 4.69. The molecule has 5 nitrogen and oxygen atoms in total. The second-order valence-corrected chi connectivity index (χ2v) is 7.73. The van der Waals surface area contributed by atoms with Crippen LogP contribution >= 0.6 is 24.2 Å². The largest absolute Gasteiger partial charge is 0.351 e. The molecule has 2 amide bonds. The zero-order valence-electron chi connectivity index (χ0n) is 16.6. The molecule has 0 bridgehead atoms. The van der Waals surface area contributed by atoms with Crippen LogP contribution in [0.4, 0.5) is 5.69 Å². The second kappa shape index (κ2) is 11.9. The summed E-state index contributed by atoms with van der Waals surface area (Å²) < 4.78 is 0. The van der Waals surface area contributed by atoms with Gasteiger partial charge in [-0.15, -0.1) is 24.2 Å². The van der Waals surface area contributed by atoms with E-state index in [2.05, 4.69) is 23.6 Å². The number of halogens is 1. The van der Waals surface area contributed by atoms with Crippen molar-refractivity contribution in [1.82, 2.24) is 10.6 Å². The normalized spacial score (nSPS) is 12.2. The molecule has 29 heavy (non-hydrogen) atoms. The van der Waals surface area contributed by atoms with Crippen LogP contribution in [-0.4, -0.2) is 43.7 Å². The molecule has 0 saturated carbocycles. The molecule has 1 heterocycles. The van der Waals surface area contributed by atoms with Crippen molar-refractivity contribution in [3.63, 3.8) is 0 Å². The molecule has 0 aromatic heterocycles. The van der Waals surface area contributed by atoms with Crippen LogP contribution in [0, 0.1) is 0 Å². The smallest absolute Gasteiger partial charge is 0.252 e. The van der Waals surface area contributed by atoms with Gasteiger partial charge in [0.25, 0.3) is 5.91 Å². The number of benzene rings is 2. The van der Waals surface area contributed by atoms with Gasteiger partial charge in [-0.2, -0.15) is 0 Å². The van der Waals surface area contributed by atoms with Crippen LogP contribution in [0.5, 0.6) is 0 Å². The highest BCUT2D eigenvalue weighted by Crippen LogP contribution is 2.29. The summed E-state index contributed by atoms with van der Waals surface area (Å²) in [5.41, 5.74) is 2.86. The van der Waals surface area contributed by atoms with Crippen molar-refractivity contribution in [3.05, 3.63) is 59.7 Å². The maximum Gasteiger partial charge on any atom is 0.252 e. The first-order chi connectivity index (χ1) is 13.7. The molecular weight excluding hydrogens is 406 g/mol. The summed E-state index contributed by atoms with van der Waals surface area (Å²) >= 11 is 1.42. The number of carbonyl (C=O) groups excluding carboxylic acids is 2. The van der Waals surface area contributed by atoms with E-state index in [1.165, 1.54) is 17.3 Å². The lowest BCUT2D eigenvalue weighted by molar-refractivity contribution is -0.116. The number of hydrogen-bond acceptors (Lipinski definition) is 4. The van der Waals surface area contributed by atoms with Gasteiger partial charge in [-0.3, -0.25) is 9.59 Å². The zero-order chi connectivity index (χ0) is 19.8. The molecule has 0 atom stereocenters. The number of para-hydroxylation sites is 1. The number of rotatable bonds is 9. The summed E-state index contributed by atoms with van der Waals surface area (Å²) in [7, 11) is 0. The first-order valence-electron chi connectivity index (χ1n) is 9.79. The van der Waals surface area contributed by atoms with Gasteiger partial charge in [-0.1, -0.05) is 37.3 Å². The van der Waals surface area contributed by atoms with Crippen LogP contribution in [-0.2, 0) is 11.2 Å². The van der Waals surface area contributed by atoms with Crippen molar-refractivity contribution in [3.8, 4) is 0 Å². The van der Waals surface area contributed by atoms with Crippen molar-refractivity contribution >= 4 is 41.7 Å². The number of fused-ring (bicyclic) bond motifs is 1. The van der Waals surface area contributed by atoms with Crippen LogP contribution in [0.25, 0.3) is 0 Å². The first-order valence-corrected chi connectivity index (χ1v) is 10.8. The number of anilines is 1. The summed E-state index contributed by atoms with van der Waals surface area (Å²) in [5, 5.41) is 6.21. The van der Waals surface area contributed by atoms with Gasteiger partial charge < -0.3 is 15.5 Å². The Bertz CT molecular complexity index is 831. The minimum Gasteiger partial charge on any atom is -0.351 e. The molecule has 3 rings (SSSR count). The Hall–Kier alpha value is -2.02. The Morgan fingerprint density at radius 2 is 1.79 bits per heavy atom. The maximum atomic E-state index is 12.7. The number of amides is 2. The molecule has 0 spiro atoms. The Labute approximate surface area is 183 Å². The lowest BCUT2D eigenvalue weighted by Gasteiger charge is -2.17. The highest BCUT2D eigenvalue weighted by molar-refractivity contribution is 8.00. The van der Waals surface area contributed by atoms with Gasteiger partial charge in [0.2, 0.25) is 5.91 Å². The molecule has 2 aromatic rings. The van der Waals surface area contributed by atoms with E-state index < -0.39 is 0 Å². The summed E-state index contributed by atoms with van der Waals surface area (Å²) in [6.07, 6.45) is 1.97. The molecule has 0 aliphatic carbocycles. The van der Waals surface area contributed by atoms with E-state index >= 15 is 0 Å². The van der Waals surface area contributed by atoms with Gasteiger partial charge in [0.15, 0.2) is 0 Å². The van der Waals surface area contributed by atoms with Crippen molar-refractivity contribution in [2.45, 2.75) is 24.7 Å². The first kappa shape index (κ1) is 23.3. The highest BCUT2D eigenvalue weighted by Gasteiger charge is 2.24. The summed E-state index contributed by atoms with van der Waals surface area (Å²) in [4.78, 5) is 27.9. The van der Waals surface area contributed by atoms with Crippen molar-refractivity contribution in [1.29, 1.82) is 0 Å². The quantitative estimate of drug-likeness (QED) is 0.469. The molecule has 0 saturated heterocycles. The molecule has 1 aliphatic heterocycles. The minimum absolute atomic E-state index is 0. The van der Waals surface area contributed by atoms with Crippen LogP contribution in [0.3, 0.4) is 0 Å². The number of hydrogen-bond donors (Lipinski definition) is 2. The van der Waals surface area contributed by atoms with Crippen LogP contribution < -0.4 is 15.5 Å². The molecule has 0 unspecified atom stereocenters. The third kappa shape index (κ3) is 6.23. The molecule has 2 N–H and O–H groups in total. The van der Waals surface area contributed by atoms with Gasteiger partial charge in [-0.25, -0.2) is 0 Å². The molecule has 2 aromatic carbocycles. The molecule has 1 aliphatic rings. The molecule has 7 heteroatoms. The SMILES string of the molecule is CCCNCCNC(=O)c1ccccc1SCC(=O)N1CCc2ccccc21.Cl. The minimum atomic E-state index is -0.0969. The number of carbonyl (C=O) groups is 2. The van der Waals surface area contributed by atoms with Gasteiger partial charge in [0.1, 0.15) is 0 Å². The highest BCUT2D eigenvalue weighted by atomic mass is 35.5. The number of nitrogens with zero attached hydrogens (tertiary/aromatic N) is 1. The lowest BCUT2D eigenvalue weighted by atomic mass is 10.2. The monoisotopic (exact) mass is 433 g/mol. The van der Waals surface area contributed by atoms with Crippen molar-refractivity contribution in [2.75, 3.05) is 36.8 Å². The van der Waals surface area contributed by atoms with Crippen molar-refractivity contribution < 1.29 is 9.59 Å². The number of thioether (sulfide) groups is 1. The van der Waals surface area contributed by atoms with Gasteiger partial charge in [0.05, 0.1) is 11.3 Å². The van der Waals surface area contributed by atoms with Crippen molar-refractivity contribution in [2.24, 2.45) is 0 Å². The Morgan fingerprint density at radius 1 is 1.03 bits per heavy atom. The van der Waals surface area contributed by atoms with E-state index in [1.54, 1.807) is 0 Å². The third-order valence-corrected chi connectivity index (χ3v) is 5.74. The average Bonchev–Trinajstić information content (AvgIpc) is 3.16. The predicted molar refractivity (Wildman–Crippen MR) is 122 cm³/mol. The standard InChI is InChI=1S/C22H27N3O2S.ClH/c1-2-12-23-13-14-24-22(27)18-8-4-6-10-20(18)28-16-21(26)25-15-11-17-7-3-5-9-19(17)25;/h3-10,23H,2,11-16H2,1H3,(H,24,27);1H. The second-order valence-electron chi connectivity index (χ2n) is 6.71. The van der Waals surface area contributed by atoms with Crippen LogP contribution in [0.1, 0.15) is 29.3 Å². The van der Waals surface area contributed by atoms with E-state index in [9.17, 15) is 9.59 Å². The predicted octanol–water partition coefficient (Wildman–Crippen LogP) is 3.52. The lowest BCUT2D eigenvalue weighted by Crippen LogP contribution is -2.32. The fourth-order valence-electron chi connectivity index (χ4n) is 3.26. The Balaban J connectivity index is 0.00000300. The van der Waals surface area contributed by atoms with E-state index in [-0.39, 0.29) is 24.2 Å². The van der Waals surface area contributed by atoms with Crippen LogP contribution in [0.15, 0.2) is 53.4 Å². The summed E-state index contributed by atoms with van der Waals surface area (Å²) in [6.45, 7) is 5.12. The van der Waals surface area contributed by atoms with E-state index in [0.717, 1.165) is 43.1 Å². The van der Waals surface area contributed by atoms with Gasteiger partial charge in [0, 0.05) is 30.2 Å². The fourth-order valence-corrected chi connectivity index (χ4v) is 4.18. The Morgan fingerprint density at radius 3 is 2.62 bits per heavy atom. The fraction of sp³-hybridized carbons (Fsp3) is 0.364. The number of nitrogens with one attached hydrogen (secondary N) is 2. The Kier molecular flexibility index (Phi) is 9.51. The topological polar surface area (TPSA) is 61.4 Å². The maximum absolute atomic E-state index is 12.7. The van der Waals surface area contributed by atoms with E-state index in [4.69, 9.17) is 0 Å². The van der Waals surface area contributed by atoms with Gasteiger partial charge in [-0.05, 0) is 43.1 Å². The summed E-state index contributed by atoms with van der Waals surface area (Å²) in [5.74, 6) is 0.297.